The van der Waals surface area contributed by atoms with Gasteiger partial charge in [0.05, 0.1) is 19.4 Å². The number of unbranched alkanes of at least 4 members (excludes halogenated alkanes) is 1. The van der Waals surface area contributed by atoms with Gasteiger partial charge in [0.15, 0.2) is 23.3 Å². The molecule has 2 N–H and O–H groups in total. The van der Waals surface area contributed by atoms with Gasteiger partial charge in [0.2, 0.25) is 5.82 Å². The predicted octanol–water partition coefficient (Wildman–Crippen LogP) is 7.33. The van der Waals surface area contributed by atoms with Crippen molar-refractivity contribution in [2.45, 2.75) is 58.4 Å². The third-order valence-corrected chi connectivity index (χ3v) is 8.37. The van der Waals surface area contributed by atoms with E-state index in [0.29, 0.717) is 35.4 Å². The maximum atomic E-state index is 13.8. The van der Waals surface area contributed by atoms with Crippen molar-refractivity contribution in [1.82, 2.24) is 4.57 Å². The third kappa shape index (κ3) is 6.86. The van der Waals surface area contributed by atoms with Crippen LogP contribution in [0.3, 0.4) is 0 Å². The Morgan fingerprint density at radius 2 is 1.50 bits per heavy atom. The highest BCUT2D eigenvalue weighted by Crippen LogP contribution is 2.51. The van der Waals surface area contributed by atoms with Crippen LogP contribution in [0.15, 0.2) is 42.5 Å². The number of aromatic nitrogens is 1. The summed E-state index contributed by atoms with van der Waals surface area (Å²) in [5.74, 6) is -4.83. The smallest absolute Gasteiger partial charge is 0.307 e. The van der Waals surface area contributed by atoms with Crippen molar-refractivity contribution in [3.05, 3.63) is 99.5 Å². The largest absolute Gasteiger partial charge is 0.494 e. The second-order valence-corrected chi connectivity index (χ2v) is 11.6. The van der Waals surface area contributed by atoms with E-state index in [4.69, 9.17) is 4.74 Å². The zero-order valence-electron chi connectivity index (χ0n) is 24.9. The van der Waals surface area contributed by atoms with Gasteiger partial charge in [-0.3, -0.25) is 9.59 Å². The standard InChI is InChI=1S/C35H30F5NO5/c1-20-25(17-27(42)43)29-22(5-4-7-26(29)41(20)19-35(14-15-35)18-28(44)45)11-8-21-9-12-23(13-10-21)46-16-3-2-6-24-30(36)32(38)34(40)33(39)31(24)37/h4-5,7,9-10,12-13H,2-3,6,14-19H2,1H3,(H,42,43)(H,44,45). The highest BCUT2D eigenvalue weighted by molar-refractivity contribution is 5.93. The molecular weight excluding hydrogens is 609 g/mol. The topological polar surface area (TPSA) is 88.8 Å². The number of halogens is 5. The van der Waals surface area contributed by atoms with Crippen LogP contribution >= 0.6 is 0 Å². The summed E-state index contributed by atoms with van der Waals surface area (Å²) in [5.41, 5.74) is 2.34. The number of rotatable bonds is 12. The van der Waals surface area contributed by atoms with E-state index in [1.807, 2.05) is 29.7 Å². The molecule has 0 unspecified atom stereocenters. The van der Waals surface area contributed by atoms with E-state index >= 15 is 0 Å². The third-order valence-electron chi connectivity index (χ3n) is 8.37. The van der Waals surface area contributed by atoms with Crippen molar-refractivity contribution in [3.8, 4) is 17.6 Å². The van der Waals surface area contributed by atoms with Crippen molar-refractivity contribution >= 4 is 22.8 Å². The minimum atomic E-state index is -2.18. The van der Waals surface area contributed by atoms with Gasteiger partial charge in [-0.1, -0.05) is 17.9 Å². The molecule has 1 aromatic heterocycles. The first-order chi connectivity index (χ1) is 21.9. The molecule has 1 heterocycles. The quantitative estimate of drug-likeness (QED) is 0.0558. The van der Waals surface area contributed by atoms with E-state index in [1.54, 1.807) is 24.3 Å². The number of aliphatic carboxylic acids is 2. The highest BCUT2D eigenvalue weighted by atomic mass is 19.2. The van der Waals surface area contributed by atoms with Crippen molar-refractivity contribution in [1.29, 1.82) is 0 Å². The number of benzene rings is 3. The Morgan fingerprint density at radius 1 is 0.848 bits per heavy atom. The van der Waals surface area contributed by atoms with Crippen LogP contribution in [0.2, 0.25) is 0 Å². The van der Waals surface area contributed by atoms with Gasteiger partial charge in [0, 0.05) is 39.8 Å². The molecule has 1 fully saturated rings. The molecule has 5 rings (SSSR count). The maximum Gasteiger partial charge on any atom is 0.307 e. The molecule has 3 aromatic carbocycles. The Labute approximate surface area is 261 Å². The molecule has 0 saturated heterocycles. The van der Waals surface area contributed by atoms with E-state index in [-0.39, 0.29) is 37.7 Å². The van der Waals surface area contributed by atoms with Gasteiger partial charge in [-0.05, 0) is 86.4 Å². The molecule has 0 aliphatic heterocycles. The van der Waals surface area contributed by atoms with E-state index in [1.165, 1.54) is 0 Å². The molecule has 1 aliphatic carbocycles. The van der Waals surface area contributed by atoms with Gasteiger partial charge in [0.25, 0.3) is 0 Å². The van der Waals surface area contributed by atoms with E-state index in [9.17, 15) is 41.8 Å². The average Bonchev–Trinajstić information content (AvgIpc) is 3.73. The number of carboxylic acids is 2. The minimum Gasteiger partial charge on any atom is -0.494 e. The fourth-order valence-corrected chi connectivity index (χ4v) is 5.74. The summed E-state index contributed by atoms with van der Waals surface area (Å²) in [4.78, 5) is 23.2. The van der Waals surface area contributed by atoms with E-state index in [2.05, 4.69) is 11.8 Å². The lowest BCUT2D eigenvalue weighted by Crippen LogP contribution is -2.17. The van der Waals surface area contributed by atoms with E-state index < -0.39 is 46.6 Å². The fourth-order valence-electron chi connectivity index (χ4n) is 5.74. The Balaban J connectivity index is 1.27. The summed E-state index contributed by atoms with van der Waals surface area (Å²) in [6.45, 7) is 2.49. The Bertz CT molecular complexity index is 1850. The van der Waals surface area contributed by atoms with Crippen LogP contribution < -0.4 is 4.74 Å². The number of nitrogens with zero attached hydrogens (tertiary/aromatic N) is 1. The molecule has 0 amide bonds. The van der Waals surface area contributed by atoms with Crippen LogP contribution in [-0.4, -0.2) is 33.3 Å². The Kier molecular flexibility index (Phi) is 9.37. The Hall–Kier alpha value is -4.85. The lowest BCUT2D eigenvalue weighted by molar-refractivity contribution is -0.138. The summed E-state index contributed by atoms with van der Waals surface area (Å²) in [7, 11) is 0. The fraction of sp³-hybridized carbons (Fsp3) is 0.314. The summed E-state index contributed by atoms with van der Waals surface area (Å²) in [5, 5.41) is 19.8. The van der Waals surface area contributed by atoms with Crippen LogP contribution in [0.25, 0.3) is 10.9 Å². The van der Waals surface area contributed by atoms with Crippen LogP contribution in [0.5, 0.6) is 5.75 Å². The Morgan fingerprint density at radius 3 is 2.11 bits per heavy atom. The molecule has 0 spiro atoms. The summed E-state index contributed by atoms with van der Waals surface area (Å²) < 4.78 is 75.3. The molecule has 4 aromatic rings. The molecule has 240 valence electrons. The molecule has 11 heteroatoms. The predicted molar refractivity (Wildman–Crippen MR) is 159 cm³/mol. The van der Waals surface area contributed by atoms with Crippen LogP contribution in [0.4, 0.5) is 22.0 Å². The second-order valence-electron chi connectivity index (χ2n) is 11.6. The number of hydrogen-bond acceptors (Lipinski definition) is 3. The van der Waals surface area contributed by atoms with Gasteiger partial charge < -0.3 is 19.5 Å². The van der Waals surface area contributed by atoms with Crippen molar-refractivity contribution < 1.29 is 46.5 Å². The van der Waals surface area contributed by atoms with Gasteiger partial charge in [-0.15, -0.1) is 0 Å². The maximum absolute atomic E-state index is 13.8. The number of hydrogen-bond donors (Lipinski definition) is 2. The van der Waals surface area contributed by atoms with Crippen LogP contribution in [-0.2, 0) is 29.0 Å². The lowest BCUT2D eigenvalue weighted by Gasteiger charge is -2.16. The zero-order valence-corrected chi connectivity index (χ0v) is 24.9. The summed E-state index contributed by atoms with van der Waals surface area (Å²) in [6.07, 6.45) is 1.55. The molecule has 0 radical (unpaired) electrons. The lowest BCUT2D eigenvalue weighted by atomic mass is 10.0. The number of fused-ring (bicyclic) bond motifs is 1. The van der Waals surface area contributed by atoms with Gasteiger partial charge in [-0.25, -0.2) is 22.0 Å². The molecular formula is C35H30F5NO5. The van der Waals surface area contributed by atoms with Crippen LogP contribution in [0.1, 0.15) is 60.1 Å². The van der Waals surface area contributed by atoms with Gasteiger partial charge >= 0.3 is 11.9 Å². The van der Waals surface area contributed by atoms with Crippen LogP contribution in [0, 0.1) is 53.3 Å². The number of carboxylic acid groups (broad SMARTS) is 2. The number of carbonyl (C=O) groups is 2. The van der Waals surface area contributed by atoms with Crippen molar-refractivity contribution in [2.24, 2.45) is 5.41 Å². The molecule has 0 atom stereocenters. The molecule has 0 bridgehead atoms. The second kappa shape index (κ2) is 13.3. The van der Waals surface area contributed by atoms with Gasteiger partial charge in [0.1, 0.15) is 5.75 Å². The molecule has 46 heavy (non-hydrogen) atoms. The number of ether oxygens (including phenoxy) is 1. The average molecular weight is 640 g/mol. The highest BCUT2D eigenvalue weighted by Gasteiger charge is 2.45. The molecule has 1 saturated carbocycles. The van der Waals surface area contributed by atoms with E-state index in [0.717, 1.165) is 29.4 Å². The van der Waals surface area contributed by atoms with Crippen molar-refractivity contribution in [2.75, 3.05) is 6.61 Å². The first kappa shape index (κ1) is 32.5. The monoisotopic (exact) mass is 639 g/mol. The molecule has 1 aliphatic rings. The van der Waals surface area contributed by atoms with Crippen molar-refractivity contribution in [3.63, 3.8) is 0 Å². The first-order valence-corrected chi connectivity index (χ1v) is 14.7. The molecule has 6 nitrogen and oxygen atoms in total. The first-order valence-electron chi connectivity index (χ1n) is 14.7. The normalized spacial score (nSPS) is 13.3. The summed E-state index contributed by atoms with van der Waals surface area (Å²) in [6, 6.07) is 12.4. The van der Waals surface area contributed by atoms with Gasteiger partial charge in [-0.2, -0.15) is 0 Å². The SMILES string of the molecule is Cc1c(CC(=O)O)c2c(C#Cc3ccc(OCCCCc4c(F)c(F)c(F)c(F)c4F)cc3)cccc2n1CC1(CC(=O)O)CC1. The zero-order chi connectivity index (χ0) is 33.2. The minimum absolute atomic E-state index is 0.0536. The summed E-state index contributed by atoms with van der Waals surface area (Å²) >= 11 is 0.